The monoisotopic (exact) mass is 247 g/mol. The molecule has 15 heavy (non-hydrogen) atoms. The van der Waals surface area contributed by atoms with E-state index in [0.717, 1.165) is 23.8 Å². The van der Waals surface area contributed by atoms with E-state index in [9.17, 15) is 0 Å². The Bertz CT molecular complexity index is 154. The summed E-state index contributed by atoms with van der Waals surface area (Å²) in [5.74, 6) is 4.90. The highest BCUT2D eigenvalue weighted by Crippen LogP contribution is 2.31. The van der Waals surface area contributed by atoms with Crippen LogP contribution in [0.4, 0.5) is 0 Å². The second-order valence-corrected chi connectivity index (χ2v) is 6.64. The van der Waals surface area contributed by atoms with Crippen molar-refractivity contribution in [3.05, 3.63) is 0 Å². The van der Waals surface area contributed by atoms with Gasteiger partial charge >= 0.3 is 0 Å². The van der Waals surface area contributed by atoms with Gasteiger partial charge in [0.15, 0.2) is 0 Å². The first-order valence-electron chi connectivity index (χ1n) is 6.26. The van der Waals surface area contributed by atoms with Gasteiger partial charge in [-0.3, -0.25) is 0 Å². The van der Waals surface area contributed by atoms with E-state index in [-0.39, 0.29) is 0 Å². The Kier molecular flexibility index (Phi) is 7.19. The zero-order valence-electron chi connectivity index (χ0n) is 10.3. The summed E-state index contributed by atoms with van der Waals surface area (Å²) >= 11 is 4.32. The average molecular weight is 247 g/mol. The second-order valence-electron chi connectivity index (χ2n) is 4.14. The molecule has 1 aliphatic heterocycles. The van der Waals surface area contributed by atoms with E-state index in [0.29, 0.717) is 0 Å². The normalized spacial score (nSPS) is 24.4. The van der Waals surface area contributed by atoms with Gasteiger partial charge in [-0.1, -0.05) is 33.6 Å². The summed E-state index contributed by atoms with van der Waals surface area (Å²) in [6, 6.07) is 0.739. The van der Waals surface area contributed by atoms with Gasteiger partial charge in [0, 0.05) is 28.6 Å². The summed E-state index contributed by atoms with van der Waals surface area (Å²) in [6.07, 6.45) is 2.63. The van der Waals surface area contributed by atoms with Gasteiger partial charge in [0.2, 0.25) is 0 Å². The van der Waals surface area contributed by atoms with Gasteiger partial charge in [0.25, 0.3) is 0 Å². The summed E-state index contributed by atoms with van der Waals surface area (Å²) in [4.78, 5) is 0. The van der Waals surface area contributed by atoms with Gasteiger partial charge in [-0.2, -0.15) is 23.5 Å². The molecule has 1 heterocycles. The summed E-state index contributed by atoms with van der Waals surface area (Å²) in [5, 5.41) is 4.56. The summed E-state index contributed by atoms with van der Waals surface area (Å²) in [6.45, 7) is 8.01. The lowest BCUT2D eigenvalue weighted by Gasteiger charge is -2.35. The third kappa shape index (κ3) is 4.20. The van der Waals surface area contributed by atoms with Crippen LogP contribution in [-0.2, 0) is 0 Å². The van der Waals surface area contributed by atoms with Crippen LogP contribution >= 0.6 is 23.5 Å². The third-order valence-corrected chi connectivity index (χ3v) is 6.12. The minimum Gasteiger partial charge on any atom is -0.313 e. The summed E-state index contributed by atoms with van der Waals surface area (Å²) in [7, 11) is 0. The Morgan fingerprint density at radius 1 is 1.20 bits per heavy atom. The molecule has 1 N–H and O–H groups in total. The van der Waals surface area contributed by atoms with Gasteiger partial charge in [-0.15, -0.1) is 0 Å². The maximum absolute atomic E-state index is 3.72. The van der Waals surface area contributed by atoms with Gasteiger partial charge in [-0.05, 0) is 12.5 Å². The van der Waals surface area contributed by atoms with Crippen molar-refractivity contribution in [1.29, 1.82) is 0 Å². The second kappa shape index (κ2) is 7.86. The van der Waals surface area contributed by atoms with E-state index < -0.39 is 0 Å². The van der Waals surface area contributed by atoms with Crippen LogP contribution in [0.3, 0.4) is 0 Å². The fourth-order valence-electron chi connectivity index (χ4n) is 2.35. The highest BCUT2D eigenvalue weighted by molar-refractivity contribution is 8.06. The van der Waals surface area contributed by atoms with E-state index in [2.05, 4.69) is 49.6 Å². The molecular formula is C12H25NS2. The van der Waals surface area contributed by atoms with Gasteiger partial charge in [-0.25, -0.2) is 0 Å². The van der Waals surface area contributed by atoms with Crippen LogP contribution < -0.4 is 5.32 Å². The molecule has 2 atom stereocenters. The first-order chi connectivity index (χ1) is 7.33. The lowest BCUT2D eigenvalue weighted by Crippen LogP contribution is -2.46. The van der Waals surface area contributed by atoms with Crippen LogP contribution in [0.25, 0.3) is 0 Å². The smallest absolute Gasteiger partial charge is 0.0294 e. The quantitative estimate of drug-likeness (QED) is 0.774. The molecular weight excluding hydrogens is 222 g/mol. The van der Waals surface area contributed by atoms with Crippen LogP contribution in [0.5, 0.6) is 0 Å². The predicted molar refractivity (Wildman–Crippen MR) is 75.1 cm³/mol. The molecule has 0 amide bonds. The molecule has 0 aromatic heterocycles. The Morgan fingerprint density at radius 3 is 2.40 bits per heavy atom. The zero-order chi connectivity index (χ0) is 11.1. The molecule has 0 saturated carbocycles. The number of rotatable bonds is 6. The molecule has 1 saturated heterocycles. The Hall–Kier alpha value is 0.660. The van der Waals surface area contributed by atoms with Crippen molar-refractivity contribution in [3.8, 4) is 0 Å². The van der Waals surface area contributed by atoms with E-state index in [1.807, 2.05) is 0 Å². The number of nitrogens with one attached hydrogen (secondary N) is 1. The van der Waals surface area contributed by atoms with Crippen LogP contribution in [0.2, 0.25) is 0 Å². The fraction of sp³-hybridized carbons (Fsp3) is 1.00. The maximum Gasteiger partial charge on any atom is 0.0294 e. The number of thioether (sulfide) groups is 2. The van der Waals surface area contributed by atoms with Crippen molar-refractivity contribution >= 4 is 23.5 Å². The fourth-order valence-corrected chi connectivity index (χ4v) is 5.31. The van der Waals surface area contributed by atoms with E-state index >= 15 is 0 Å². The molecule has 1 aliphatic rings. The molecule has 2 unspecified atom stereocenters. The molecule has 0 aliphatic carbocycles. The first-order valence-corrected chi connectivity index (χ1v) is 8.46. The summed E-state index contributed by atoms with van der Waals surface area (Å²) in [5.41, 5.74) is 0. The Balaban J connectivity index is 2.53. The van der Waals surface area contributed by atoms with Crippen LogP contribution in [0, 0.1) is 5.92 Å². The SMILES string of the molecule is CCNC(C(CC)CC)C1CSCCS1. The Morgan fingerprint density at radius 2 is 1.93 bits per heavy atom. The molecule has 3 heteroatoms. The van der Waals surface area contributed by atoms with Crippen molar-refractivity contribution < 1.29 is 0 Å². The standard InChI is InChI=1S/C12H25NS2/c1-4-10(5-2)12(13-6-3)11-9-14-7-8-15-11/h10-13H,4-9H2,1-3H3. The summed E-state index contributed by atoms with van der Waals surface area (Å²) < 4.78 is 0. The van der Waals surface area contributed by atoms with Crippen molar-refractivity contribution in [3.63, 3.8) is 0 Å². The molecule has 90 valence electrons. The average Bonchev–Trinajstić information content (AvgIpc) is 2.30. The van der Waals surface area contributed by atoms with Crippen molar-refractivity contribution in [2.24, 2.45) is 5.92 Å². The van der Waals surface area contributed by atoms with Crippen LogP contribution in [-0.4, -0.2) is 35.1 Å². The van der Waals surface area contributed by atoms with E-state index in [1.165, 1.54) is 30.1 Å². The molecule has 0 aromatic rings. The molecule has 0 spiro atoms. The molecule has 0 radical (unpaired) electrons. The van der Waals surface area contributed by atoms with Crippen molar-refractivity contribution in [2.45, 2.75) is 44.9 Å². The molecule has 0 bridgehead atoms. The van der Waals surface area contributed by atoms with Gasteiger partial charge < -0.3 is 5.32 Å². The van der Waals surface area contributed by atoms with Crippen LogP contribution in [0.15, 0.2) is 0 Å². The Labute approximate surface area is 104 Å². The minimum atomic E-state index is 0.739. The molecule has 1 rings (SSSR count). The maximum atomic E-state index is 3.72. The third-order valence-electron chi connectivity index (χ3n) is 3.24. The van der Waals surface area contributed by atoms with Crippen molar-refractivity contribution in [1.82, 2.24) is 5.32 Å². The number of hydrogen-bond acceptors (Lipinski definition) is 3. The van der Waals surface area contributed by atoms with E-state index in [1.54, 1.807) is 0 Å². The molecule has 1 nitrogen and oxygen atoms in total. The lowest BCUT2D eigenvalue weighted by molar-refractivity contribution is 0.338. The molecule has 1 fully saturated rings. The topological polar surface area (TPSA) is 12.0 Å². The molecule has 0 aromatic carbocycles. The number of hydrogen-bond donors (Lipinski definition) is 1. The lowest BCUT2D eigenvalue weighted by atomic mass is 9.92. The highest BCUT2D eigenvalue weighted by atomic mass is 32.2. The first kappa shape index (κ1) is 13.7. The zero-order valence-corrected chi connectivity index (χ0v) is 11.9. The van der Waals surface area contributed by atoms with Crippen LogP contribution in [0.1, 0.15) is 33.6 Å². The minimum absolute atomic E-state index is 0.739. The van der Waals surface area contributed by atoms with E-state index in [4.69, 9.17) is 0 Å². The largest absolute Gasteiger partial charge is 0.313 e. The predicted octanol–water partition coefficient (Wildman–Crippen LogP) is 3.25. The van der Waals surface area contributed by atoms with Gasteiger partial charge in [0.05, 0.1) is 0 Å². The van der Waals surface area contributed by atoms with Gasteiger partial charge in [0.1, 0.15) is 0 Å². The van der Waals surface area contributed by atoms with Crippen molar-refractivity contribution in [2.75, 3.05) is 23.8 Å². The highest BCUT2D eigenvalue weighted by Gasteiger charge is 2.28.